The van der Waals surface area contributed by atoms with Crippen LogP contribution in [-0.4, -0.2) is 6.54 Å². The van der Waals surface area contributed by atoms with Crippen molar-refractivity contribution in [3.63, 3.8) is 0 Å². The first-order valence-corrected chi connectivity index (χ1v) is 4.61. The monoisotopic (exact) mass is 223 g/mol. The van der Waals surface area contributed by atoms with E-state index in [0.29, 0.717) is 6.54 Å². The Labute approximate surface area is 81.4 Å². The Morgan fingerprint density at radius 2 is 2.17 bits per heavy atom. The number of aryl methyl sites for hydroxylation is 1. The van der Waals surface area contributed by atoms with Crippen molar-refractivity contribution >= 4 is 15.9 Å². The zero-order valence-electron chi connectivity index (χ0n) is 6.97. The van der Waals surface area contributed by atoms with E-state index in [2.05, 4.69) is 45.9 Å². The van der Waals surface area contributed by atoms with Crippen molar-refractivity contribution in [2.45, 2.75) is 13.3 Å². The lowest BCUT2D eigenvalue weighted by atomic mass is 10.1. The fraction of sp³-hybridized carbons (Fsp3) is 0.300. The highest BCUT2D eigenvalue weighted by Crippen LogP contribution is 2.15. The minimum Gasteiger partial charge on any atom is -0.317 e. The molecule has 0 N–H and O–H groups in total. The number of rotatable bonds is 2. The van der Waals surface area contributed by atoms with E-state index in [1.54, 1.807) is 0 Å². The fourth-order valence-electron chi connectivity index (χ4n) is 1.14. The normalized spacial score (nSPS) is 9.42. The van der Waals surface area contributed by atoms with Gasteiger partial charge < -0.3 is 4.85 Å². The van der Waals surface area contributed by atoms with Crippen LogP contribution in [0.4, 0.5) is 0 Å². The zero-order valence-corrected chi connectivity index (χ0v) is 8.56. The number of hydrogen-bond donors (Lipinski definition) is 0. The van der Waals surface area contributed by atoms with Crippen molar-refractivity contribution in [1.82, 2.24) is 0 Å². The third-order valence-electron chi connectivity index (χ3n) is 1.61. The minimum absolute atomic E-state index is 0.579. The highest BCUT2D eigenvalue weighted by Gasteiger charge is 1.97. The molecular weight excluding hydrogens is 214 g/mol. The smallest absolute Gasteiger partial charge is 0.218 e. The summed E-state index contributed by atoms with van der Waals surface area (Å²) in [6.45, 7) is 9.31. The lowest BCUT2D eigenvalue weighted by Crippen LogP contribution is -1.88. The van der Waals surface area contributed by atoms with E-state index in [1.165, 1.54) is 11.1 Å². The zero-order chi connectivity index (χ0) is 8.97. The molecule has 0 spiro atoms. The Morgan fingerprint density at radius 3 is 2.75 bits per heavy atom. The lowest BCUT2D eigenvalue weighted by Gasteiger charge is -1.99. The number of nitrogens with zero attached hydrogens (tertiary/aromatic N) is 1. The molecular formula is C10H10BrN. The van der Waals surface area contributed by atoms with Gasteiger partial charge in [-0.15, -0.1) is 0 Å². The van der Waals surface area contributed by atoms with E-state index in [0.717, 1.165) is 10.9 Å². The van der Waals surface area contributed by atoms with Gasteiger partial charge in [0.2, 0.25) is 6.54 Å². The summed E-state index contributed by atoms with van der Waals surface area (Å²) in [6, 6.07) is 6.26. The molecule has 0 amide bonds. The molecule has 0 radical (unpaired) electrons. The van der Waals surface area contributed by atoms with Gasteiger partial charge in [0, 0.05) is 10.9 Å². The van der Waals surface area contributed by atoms with Gasteiger partial charge in [-0.25, -0.2) is 6.57 Å². The Balaban J connectivity index is 2.80. The molecule has 0 bridgehead atoms. The standard InChI is InChI=1S/C10H10BrN/c1-8-5-9(3-4-12-2)7-10(11)6-8/h5-7H,3-4H2,1H3. The van der Waals surface area contributed by atoms with Gasteiger partial charge in [0.25, 0.3) is 0 Å². The maximum atomic E-state index is 6.67. The fourth-order valence-corrected chi connectivity index (χ4v) is 1.80. The van der Waals surface area contributed by atoms with Gasteiger partial charge in [0.15, 0.2) is 0 Å². The highest BCUT2D eigenvalue weighted by molar-refractivity contribution is 9.10. The Hall–Kier alpha value is -0.810. The average Bonchev–Trinajstić information content (AvgIpc) is 1.99. The molecule has 1 nitrogen and oxygen atoms in total. The van der Waals surface area contributed by atoms with Crippen molar-refractivity contribution in [3.8, 4) is 0 Å². The number of hydrogen-bond acceptors (Lipinski definition) is 0. The molecule has 1 rings (SSSR count). The summed E-state index contributed by atoms with van der Waals surface area (Å²) in [5.41, 5.74) is 2.47. The van der Waals surface area contributed by atoms with Crippen LogP contribution >= 0.6 is 15.9 Å². The molecule has 0 saturated carbocycles. The van der Waals surface area contributed by atoms with Crippen LogP contribution in [0.15, 0.2) is 22.7 Å². The predicted octanol–water partition coefficient (Wildman–Crippen LogP) is 3.22. The van der Waals surface area contributed by atoms with Gasteiger partial charge in [0.05, 0.1) is 0 Å². The second kappa shape index (κ2) is 4.27. The minimum atomic E-state index is 0.579. The van der Waals surface area contributed by atoms with Gasteiger partial charge in [0.1, 0.15) is 0 Å². The molecule has 0 fully saturated rings. The molecule has 0 atom stereocenters. The summed E-state index contributed by atoms with van der Waals surface area (Å²) in [4.78, 5) is 3.32. The van der Waals surface area contributed by atoms with Crippen molar-refractivity contribution in [1.29, 1.82) is 0 Å². The maximum Gasteiger partial charge on any atom is 0.218 e. The highest BCUT2D eigenvalue weighted by atomic mass is 79.9. The molecule has 0 heterocycles. The molecule has 0 aliphatic carbocycles. The average molecular weight is 224 g/mol. The van der Waals surface area contributed by atoms with E-state index in [9.17, 15) is 0 Å². The van der Waals surface area contributed by atoms with Crippen LogP contribution in [0.5, 0.6) is 0 Å². The third-order valence-corrected chi connectivity index (χ3v) is 2.07. The first-order valence-electron chi connectivity index (χ1n) is 3.81. The van der Waals surface area contributed by atoms with Gasteiger partial charge in [-0.05, 0) is 30.2 Å². The second-order valence-electron chi connectivity index (χ2n) is 2.77. The van der Waals surface area contributed by atoms with Crippen LogP contribution in [0.3, 0.4) is 0 Å². The van der Waals surface area contributed by atoms with Crippen molar-refractivity contribution in [2.75, 3.05) is 6.54 Å². The SMILES string of the molecule is [C-]#[N+]CCc1cc(C)cc(Br)c1. The van der Waals surface area contributed by atoms with Crippen LogP contribution in [0.2, 0.25) is 0 Å². The Morgan fingerprint density at radius 1 is 1.42 bits per heavy atom. The summed E-state index contributed by atoms with van der Waals surface area (Å²) in [5.74, 6) is 0. The first-order chi connectivity index (χ1) is 5.72. The quantitative estimate of drug-likeness (QED) is 0.679. The summed E-state index contributed by atoms with van der Waals surface area (Å²) in [7, 11) is 0. The number of benzene rings is 1. The van der Waals surface area contributed by atoms with Gasteiger partial charge in [-0.1, -0.05) is 22.0 Å². The summed E-state index contributed by atoms with van der Waals surface area (Å²) >= 11 is 3.43. The molecule has 0 aliphatic heterocycles. The van der Waals surface area contributed by atoms with E-state index < -0.39 is 0 Å². The molecule has 0 aromatic heterocycles. The van der Waals surface area contributed by atoms with Gasteiger partial charge in [-0.3, -0.25) is 0 Å². The van der Waals surface area contributed by atoms with Crippen molar-refractivity contribution in [2.24, 2.45) is 0 Å². The van der Waals surface area contributed by atoms with E-state index in [4.69, 9.17) is 6.57 Å². The Kier molecular flexibility index (Phi) is 3.31. The topological polar surface area (TPSA) is 4.36 Å². The van der Waals surface area contributed by atoms with E-state index in [1.807, 2.05) is 0 Å². The van der Waals surface area contributed by atoms with E-state index >= 15 is 0 Å². The molecule has 2 heteroatoms. The first kappa shape index (κ1) is 9.28. The lowest BCUT2D eigenvalue weighted by molar-refractivity contribution is 1.07. The van der Waals surface area contributed by atoms with Crippen LogP contribution in [-0.2, 0) is 6.42 Å². The van der Waals surface area contributed by atoms with Crippen LogP contribution < -0.4 is 0 Å². The van der Waals surface area contributed by atoms with Crippen molar-refractivity contribution in [3.05, 3.63) is 45.2 Å². The van der Waals surface area contributed by atoms with Crippen molar-refractivity contribution < 1.29 is 0 Å². The molecule has 62 valence electrons. The van der Waals surface area contributed by atoms with Gasteiger partial charge >= 0.3 is 0 Å². The Bertz CT molecular complexity index is 292. The summed E-state index contributed by atoms with van der Waals surface area (Å²) < 4.78 is 1.10. The molecule has 0 aliphatic rings. The van der Waals surface area contributed by atoms with Crippen LogP contribution in [0.25, 0.3) is 4.85 Å². The summed E-state index contributed by atoms with van der Waals surface area (Å²) in [6.07, 6.45) is 0.851. The largest absolute Gasteiger partial charge is 0.317 e. The molecule has 0 saturated heterocycles. The molecule has 1 aromatic rings. The van der Waals surface area contributed by atoms with Crippen LogP contribution in [0, 0.1) is 13.5 Å². The maximum absolute atomic E-state index is 6.67. The third kappa shape index (κ3) is 2.67. The summed E-state index contributed by atoms with van der Waals surface area (Å²) in [5, 5.41) is 0. The second-order valence-corrected chi connectivity index (χ2v) is 3.68. The predicted molar refractivity (Wildman–Crippen MR) is 54.1 cm³/mol. The van der Waals surface area contributed by atoms with Gasteiger partial charge in [-0.2, -0.15) is 0 Å². The van der Waals surface area contributed by atoms with Crippen LogP contribution in [0.1, 0.15) is 11.1 Å². The molecule has 0 unspecified atom stereocenters. The number of halogens is 1. The molecule has 1 aromatic carbocycles. The van der Waals surface area contributed by atoms with E-state index in [-0.39, 0.29) is 0 Å². The molecule has 12 heavy (non-hydrogen) atoms.